The Kier molecular flexibility index (Phi) is 2.25. The Morgan fingerprint density at radius 2 is 1.88 bits per heavy atom. The summed E-state index contributed by atoms with van der Waals surface area (Å²) in [6.45, 7) is 5.76. The predicted molar refractivity (Wildman–Crippen MR) is 64.5 cm³/mol. The average Bonchev–Trinajstić information content (AvgIpc) is 2.68. The molecule has 2 saturated heterocycles. The van der Waals surface area contributed by atoms with Gasteiger partial charge in [0, 0.05) is 18.1 Å². The van der Waals surface area contributed by atoms with Crippen LogP contribution in [0.4, 0.5) is 4.79 Å². The molecule has 4 bridgehead atoms. The minimum atomic E-state index is -0.403. The van der Waals surface area contributed by atoms with E-state index in [1.54, 1.807) is 0 Å². The fourth-order valence-corrected chi connectivity index (χ4v) is 3.73. The van der Waals surface area contributed by atoms with Crippen LogP contribution in [0.5, 0.6) is 0 Å². The summed E-state index contributed by atoms with van der Waals surface area (Å²) in [7, 11) is 0. The van der Waals surface area contributed by atoms with E-state index < -0.39 is 5.60 Å². The second-order valence-electron chi connectivity index (χ2n) is 6.83. The van der Waals surface area contributed by atoms with E-state index in [1.807, 2.05) is 25.7 Å². The number of hydrogen-bond donors (Lipinski definition) is 1. The van der Waals surface area contributed by atoms with Crippen molar-refractivity contribution in [3.63, 3.8) is 0 Å². The molecule has 0 radical (unpaired) electrons. The summed E-state index contributed by atoms with van der Waals surface area (Å²) in [6, 6.07) is 1.03. The highest BCUT2D eigenvalue weighted by Crippen LogP contribution is 2.58. The van der Waals surface area contributed by atoms with Crippen molar-refractivity contribution in [2.24, 2.45) is 17.6 Å². The maximum absolute atomic E-state index is 12.2. The minimum absolute atomic E-state index is 0.133. The first-order chi connectivity index (χ1) is 7.87. The second-order valence-corrected chi connectivity index (χ2v) is 6.83. The molecule has 0 aromatic heterocycles. The van der Waals surface area contributed by atoms with Crippen LogP contribution in [0.15, 0.2) is 0 Å². The van der Waals surface area contributed by atoms with Gasteiger partial charge in [-0.15, -0.1) is 0 Å². The number of fused-ring (bicyclic) bond motifs is 2. The number of hydrogen-bond acceptors (Lipinski definition) is 3. The Balaban J connectivity index is 1.75. The highest BCUT2D eigenvalue weighted by atomic mass is 16.6. The van der Waals surface area contributed by atoms with Crippen LogP contribution in [0, 0.1) is 11.8 Å². The number of piperidine rings is 1. The van der Waals surface area contributed by atoms with Crippen LogP contribution in [-0.4, -0.2) is 34.7 Å². The molecule has 5 atom stereocenters. The Bertz CT molecular complexity index is 350. The molecule has 2 aliphatic heterocycles. The molecule has 0 spiro atoms. The standard InChI is InChI=1S/C13H22N2O2/c1-13(2,3)17-12(16)15-8-4-7(14)5-9-10(6-8)11(9)15/h7-11H,4-6,14H2,1-3H3/t7-,8-,9-,10?,11+/m1/s1. The normalized spacial score (nSPS) is 43.3. The Labute approximate surface area is 102 Å². The molecule has 0 aromatic rings. The molecule has 1 unspecified atom stereocenters. The van der Waals surface area contributed by atoms with E-state index in [0.29, 0.717) is 23.9 Å². The molecule has 4 fully saturated rings. The van der Waals surface area contributed by atoms with Gasteiger partial charge in [0.25, 0.3) is 0 Å². The monoisotopic (exact) mass is 238 g/mol. The first-order valence-electron chi connectivity index (χ1n) is 6.64. The molecular formula is C13H22N2O2. The zero-order valence-electron chi connectivity index (χ0n) is 10.8. The van der Waals surface area contributed by atoms with Crippen LogP contribution in [0.25, 0.3) is 0 Å². The lowest BCUT2D eigenvalue weighted by molar-refractivity contribution is 0.0175. The summed E-state index contributed by atoms with van der Waals surface area (Å²) in [5, 5.41) is 0. The molecule has 2 saturated carbocycles. The van der Waals surface area contributed by atoms with Gasteiger partial charge in [0.15, 0.2) is 0 Å². The van der Waals surface area contributed by atoms with E-state index in [1.165, 1.54) is 0 Å². The first kappa shape index (κ1) is 11.3. The summed E-state index contributed by atoms with van der Waals surface area (Å²) in [6.07, 6.45) is 3.04. The summed E-state index contributed by atoms with van der Waals surface area (Å²) in [4.78, 5) is 14.2. The number of rotatable bonds is 0. The highest BCUT2D eigenvalue weighted by Gasteiger charge is 2.64. The fourth-order valence-electron chi connectivity index (χ4n) is 3.73. The van der Waals surface area contributed by atoms with Crippen molar-refractivity contribution in [1.29, 1.82) is 0 Å². The molecule has 2 heterocycles. The van der Waals surface area contributed by atoms with E-state index in [2.05, 4.69) is 0 Å². The number of amides is 1. The summed E-state index contributed by atoms with van der Waals surface area (Å²) in [5.41, 5.74) is 5.68. The van der Waals surface area contributed by atoms with Crippen LogP contribution in [0.1, 0.15) is 40.0 Å². The van der Waals surface area contributed by atoms with E-state index in [9.17, 15) is 4.79 Å². The molecule has 4 rings (SSSR count). The van der Waals surface area contributed by atoms with E-state index in [0.717, 1.165) is 19.3 Å². The zero-order chi connectivity index (χ0) is 12.4. The topological polar surface area (TPSA) is 55.6 Å². The SMILES string of the molecule is CC(C)(C)OC(=O)N1[C@H]2CC3[C@@H](C[C@H](N)C2)[C@@H]31. The molecule has 4 aliphatic rings. The van der Waals surface area contributed by atoms with Crippen molar-refractivity contribution in [1.82, 2.24) is 4.90 Å². The Hall–Kier alpha value is -0.770. The number of carbonyl (C=O) groups is 1. The van der Waals surface area contributed by atoms with Gasteiger partial charge in [-0.25, -0.2) is 4.79 Å². The van der Waals surface area contributed by atoms with Gasteiger partial charge < -0.3 is 15.4 Å². The van der Waals surface area contributed by atoms with Crippen molar-refractivity contribution < 1.29 is 9.53 Å². The summed E-state index contributed by atoms with van der Waals surface area (Å²) in [5.74, 6) is 1.36. The van der Waals surface area contributed by atoms with Crippen molar-refractivity contribution >= 4 is 6.09 Å². The molecule has 2 aliphatic carbocycles. The molecule has 4 nitrogen and oxygen atoms in total. The van der Waals surface area contributed by atoms with Crippen molar-refractivity contribution in [3.8, 4) is 0 Å². The third-order valence-corrected chi connectivity index (χ3v) is 4.30. The van der Waals surface area contributed by atoms with Gasteiger partial charge in [-0.05, 0) is 51.9 Å². The number of carbonyl (C=O) groups excluding carboxylic acids is 1. The summed E-state index contributed by atoms with van der Waals surface area (Å²) >= 11 is 0. The second kappa shape index (κ2) is 3.37. The van der Waals surface area contributed by atoms with Crippen LogP contribution in [0.3, 0.4) is 0 Å². The van der Waals surface area contributed by atoms with Gasteiger partial charge in [-0.1, -0.05) is 0 Å². The van der Waals surface area contributed by atoms with Crippen LogP contribution in [0.2, 0.25) is 0 Å². The van der Waals surface area contributed by atoms with E-state index in [-0.39, 0.29) is 12.1 Å². The van der Waals surface area contributed by atoms with Crippen molar-refractivity contribution in [3.05, 3.63) is 0 Å². The third-order valence-electron chi connectivity index (χ3n) is 4.30. The minimum Gasteiger partial charge on any atom is -0.444 e. The zero-order valence-corrected chi connectivity index (χ0v) is 10.8. The summed E-state index contributed by atoms with van der Waals surface area (Å²) < 4.78 is 5.51. The largest absolute Gasteiger partial charge is 0.444 e. The lowest BCUT2D eigenvalue weighted by Crippen LogP contribution is -2.43. The van der Waals surface area contributed by atoms with Gasteiger partial charge in [-0.2, -0.15) is 0 Å². The molecule has 4 heteroatoms. The lowest BCUT2D eigenvalue weighted by atomic mass is 10.1. The van der Waals surface area contributed by atoms with E-state index >= 15 is 0 Å². The third kappa shape index (κ3) is 1.82. The van der Waals surface area contributed by atoms with Gasteiger partial charge >= 0.3 is 6.09 Å². The molecule has 2 N–H and O–H groups in total. The van der Waals surface area contributed by atoms with Crippen molar-refractivity contribution in [2.45, 2.75) is 63.8 Å². The smallest absolute Gasteiger partial charge is 0.410 e. The fraction of sp³-hybridized carbons (Fsp3) is 0.923. The quantitative estimate of drug-likeness (QED) is 0.699. The van der Waals surface area contributed by atoms with Crippen LogP contribution < -0.4 is 5.73 Å². The lowest BCUT2D eigenvalue weighted by Gasteiger charge is -2.30. The van der Waals surface area contributed by atoms with Crippen LogP contribution >= 0.6 is 0 Å². The molecular weight excluding hydrogens is 216 g/mol. The van der Waals surface area contributed by atoms with E-state index in [4.69, 9.17) is 10.5 Å². The van der Waals surface area contributed by atoms with Gasteiger partial charge in [0.05, 0.1) is 0 Å². The van der Waals surface area contributed by atoms with Crippen LogP contribution in [-0.2, 0) is 4.74 Å². The van der Waals surface area contributed by atoms with Gasteiger partial charge in [0.2, 0.25) is 0 Å². The Morgan fingerprint density at radius 1 is 1.24 bits per heavy atom. The molecule has 1 amide bonds. The highest BCUT2D eigenvalue weighted by molar-refractivity contribution is 5.70. The predicted octanol–water partition coefficient (Wildman–Crippen LogP) is 1.73. The first-order valence-corrected chi connectivity index (χ1v) is 6.64. The Morgan fingerprint density at radius 3 is 2.53 bits per heavy atom. The average molecular weight is 238 g/mol. The van der Waals surface area contributed by atoms with Gasteiger partial charge in [0.1, 0.15) is 5.60 Å². The maximum Gasteiger partial charge on any atom is 0.410 e. The number of ether oxygens (including phenoxy) is 1. The molecule has 96 valence electrons. The molecule has 17 heavy (non-hydrogen) atoms. The number of nitrogens with two attached hydrogens (primary N) is 1. The number of nitrogens with zero attached hydrogens (tertiary/aromatic N) is 1. The molecule has 0 aromatic carbocycles. The maximum atomic E-state index is 12.2. The van der Waals surface area contributed by atoms with Crippen molar-refractivity contribution in [2.75, 3.05) is 0 Å². The van der Waals surface area contributed by atoms with Gasteiger partial charge in [-0.3, -0.25) is 0 Å².